The lowest BCUT2D eigenvalue weighted by Crippen LogP contribution is -2.14. The van der Waals surface area contributed by atoms with E-state index in [1.165, 1.54) is 13.4 Å². The van der Waals surface area contributed by atoms with Crippen LogP contribution in [-0.4, -0.2) is 23.1 Å². The summed E-state index contributed by atoms with van der Waals surface area (Å²) < 4.78 is 55.1. The Balaban J connectivity index is 3.00. The van der Waals surface area contributed by atoms with Gasteiger partial charge in [-0.15, -0.1) is 0 Å². The molecule has 0 N–H and O–H groups in total. The second-order valence-electron chi connectivity index (χ2n) is 2.93. The van der Waals surface area contributed by atoms with E-state index in [9.17, 15) is 17.4 Å². The molecule has 8 heteroatoms. The molecule has 0 aromatic heterocycles. The van der Waals surface area contributed by atoms with Gasteiger partial charge in [-0.3, -0.25) is 0 Å². The Morgan fingerprint density at radius 3 is 2.53 bits per heavy atom. The van der Waals surface area contributed by atoms with Gasteiger partial charge < -0.3 is 4.74 Å². The van der Waals surface area contributed by atoms with Crippen molar-refractivity contribution in [1.82, 2.24) is 0 Å². The molecule has 0 radical (unpaired) electrons. The normalized spacial score (nSPS) is 15.6. The van der Waals surface area contributed by atoms with Crippen molar-refractivity contribution in [2.45, 2.75) is 10.4 Å². The largest absolute Gasteiger partial charge is 0.497 e. The van der Waals surface area contributed by atoms with E-state index in [4.69, 9.17) is 4.74 Å². The van der Waals surface area contributed by atoms with Crippen molar-refractivity contribution >= 4 is 21.7 Å². The van der Waals surface area contributed by atoms with E-state index in [1.54, 1.807) is 24.3 Å². The summed E-state index contributed by atoms with van der Waals surface area (Å²) in [4.78, 5) is 0.543. The average Bonchev–Trinajstić information content (AvgIpc) is 2.27. The molecular weight excluding hydrogens is 275 g/mol. The average molecular weight is 285 g/mol. The zero-order valence-corrected chi connectivity index (χ0v) is 10.7. The topological polar surface area (TPSA) is 38.7 Å². The number of halogens is 3. The number of hydrogen-bond donors (Lipinski definition) is 0. The summed E-state index contributed by atoms with van der Waals surface area (Å²) in [6.07, 6.45) is 1.47. The molecule has 1 aromatic rings. The summed E-state index contributed by atoms with van der Waals surface area (Å²) in [6, 6.07) is 6.49. The van der Waals surface area contributed by atoms with E-state index in [2.05, 4.69) is 3.77 Å². The lowest BCUT2D eigenvalue weighted by Gasteiger charge is -2.06. The van der Waals surface area contributed by atoms with Crippen LogP contribution in [0, 0.1) is 0 Å². The second-order valence-corrected chi connectivity index (χ2v) is 5.91. The van der Waals surface area contributed by atoms with E-state index in [0.29, 0.717) is 10.6 Å². The van der Waals surface area contributed by atoms with Gasteiger partial charge in [0, 0.05) is 4.90 Å². The van der Waals surface area contributed by atoms with Crippen LogP contribution < -0.4 is 4.74 Å². The molecule has 3 nitrogen and oxygen atoms in total. The third-order valence-corrected chi connectivity index (χ3v) is 4.53. The minimum Gasteiger partial charge on any atom is -0.497 e. The SMILES string of the molecule is COc1cccc(/S(C)=N/S(=O)C(F)(F)F)c1. The van der Waals surface area contributed by atoms with Crippen LogP contribution in [0.2, 0.25) is 0 Å². The quantitative estimate of drug-likeness (QED) is 0.856. The van der Waals surface area contributed by atoms with E-state index in [0.717, 1.165) is 0 Å². The number of rotatable bonds is 3. The summed E-state index contributed by atoms with van der Waals surface area (Å²) in [5.41, 5.74) is -4.81. The van der Waals surface area contributed by atoms with Crippen LogP contribution in [0.1, 0.15) is 0 Å². The molecule has 0 aliphatic carbocycles. The highest BCUT2D eigenvalue weighted by molar-refractivity contribution is 7.97. The molecule has 0 fully saturated rings. The van der Waals surface area contributed by atoms with Crippen LogP contribution >= 0.6 is 0 Å². The van der Waals surface area contributed by atoms with Crippen molar-refractivity contribution < 1.29 is 22.1 Å². The van der Waals surface area contributed by atoms with Gasteiger partial charge in [0.05, 0.1) is 7.11 Å². The van der Waals surface area contributed by atoms with Crippen LogP contribution in [0.3, 0.4) is 0 Å². The Hall–Kier alpha value is -0.890. The number of benzene rings is 1. The number of methoxy groups -OCH3 is 1. The van der Waals surface area contributed by atoms with Gasteiger partial charge in [0.2, 0.25) is 0 Å². The van der Waals surface area contributed by atoms with Gasteiger partial charge >= 0.3 is 5.51 Å². The van der Waals surface area contributed by atoms with Gasteiger partial charge in [-0.2, -0.15) is 16.9 Å². The van der Waals surface area contributed by atoms with Crippen molar-refractivity contribution in [2.75, 3.05) is 13.4 Å². The third kappa shape index (κ3) is 4.12. The molecule has 0 aliphatic rings. The summed E-state index contributed by atoms with van der Waals surface area (Å²) in [7, 11) is -2.82. The van der Waals surface area contributed by atoms with Crippen LogP contribution in [0.15, 0.2) is 32.9 Å². The third-order valence-electron chi connectivity index (χ3n) is 1.76. The Kier molecular flexibility index (Phi) is 4.70. The van der Waals surface area contributed by atoms with Gasteiger partial charge in [0.1, 0.15) is 5.75 Å². The predicted octanol–water partition coefficient (Wildman–Crippen LogP) is 2.67. The first kappa shape index (κ1) is 14.2. The molecule has 0 aliphatic heterocycles. The van der Waals surface area contributed by atoms with Crippen molar-refractivity contribution in [2.24, 2.45) is 3.77 Å². The van der Waals surface area contributed by atoms with Gasteiger partial charge in [0.15, 0.2) is 0 Å². The maximum Gasteiger partial charge on any atom is 0.493 e. The van der Waals surface area contributed by atoms with E-state index in [1.807, 2.05) is 0 Å². The number of ether oxygens (including phenoxy) is 1. The standard InChI is InChI=1S/C9H10F3NO2S2/c1-15-7-4-3-5-8(6-7)16(2)13-17(14)9(10,11)12/h3-6H,1-2H3. The molecule has 0 saturated heterocycles. The minimum absolute atomic E-state index is 0.523. The Morgan fingerprint density at radius 2 is 2.00 bits per heavy atom. The molecule has 96 valence electrons. The zero-order valence-electron chi connectivity index (χ0n) is 9.02. The molecule has 0 bridgehead atoms. The Labute approximate surface area is 102 Å². The van der Waals surface area contributed by atoms with Crippen LogP contribution in [0.25, 0.3) is 0 Å². The fraction of sp³-hybridized carbons (Fsp3) is 0.333. The number of nitrogens with zero attached hydrogens (tertiary/aromatic N) is 1. The molecule has 1 rings (SSSR count). The van der Waals surface area contributed by atoms with E-state index >= 15 is 0 Å². The summed E-state index contributed by atoms with van der Waals surface area (Å²) in [5.74, 6) is 0.523. The Morgan fingerprint density at radius 1 is 1.35 bits per heavy atom. The lowest BCUT2D eigenvalue weighted by molar-refractivity contribution is -0.0383. The van der Waals surface area contributed by atoms with Gasteiger partial charge in [-0.25, -0.2) is 4.21 Å². The predicted molar refractivity (Wildman–Crippen MR) is 61.2 cm³/mol. The maximum absolute atomic E-state index is 12.1. The highest BCUT2D eigenvalue weighted by Crippen LogP contribution is 2.23. The monoisotopic (exact) mass is 285 g/mol. The van der Waals surface area contributed by atoms with Crippen LogP contribution in [0.5, 0.6) is 5.75 Å². The summed E-state index contributed by atoms with van der Waals surface area (Å²) in [6.45, 7) is 0. The molecule has 0 amide bonds. The first-order valence-corrected chi connectivity index (χ1v) is 7.05. The smallest absolute Gasteiger partial charge is 0.493 e. The van der Waals surface area contributed by atoms with Crippen molar-refractivity contribution in [3.8, 4) is 5.75 Å². The molecule has 2 unspecified atom stereocenters. The highest BCUT2D eigenvalue weighted by atomic mass is 32.2. The van der Waals surface area contributed by atoms with Crippen LogP contribution in [-0.2, 0) is 21.7 Å². The molecule has 0 spiro atoms. The number of alkyl halides is 3. The van der Waals surface area contributed by atoms with Crippen molar-refractivity contribution in [3.63, 3.8) is 0 Å². The van der Waals surface area contributed by atoms with Crippen LogP contribution in [0.4, 0.5) is 13.2 Å². The van der Waals surface area contributed by atoms with E-state index < -0.39 is 27.2 Å². The first-order chi connectivity index (χ1) is 7.84. The maximum atomic E-state index is 12.1. The van der Waals surface area contributed by atoms with Crippen molar-refractivity contribution in [3.05, 3.63) is 24.3 Å². The van der Waals surface area contributed by atoms with Gasteiger partial charge in [-0.1, -0.05) is 16.8 Å². The second kappa shape index (κ2) is 5.63. The summed E-state index contributed by atoms with van der Waals surface area (Å²) >= 11 is 0. The minimum atomic E-state index is -4.81. The van der Waals surface area contributed by atoms with Crippen molar-refractivity contribution in [1.29, 1.82) is 0 Å². The molecule has 0 heterocycles. The van der Waals surface area contributed by atoms with Gasteiger partial charge in [0.25, 0.3) is 11.0 Å². The molecule has 1 aromatic carbocycles. The van der Waals surface area contributed by atoms with Gasteiger partial charge in [-0.05, 0) is 24.5 Å². The number of hydrogen-bond acceptors (Lipinski definition) is 2. The first-order valence-electron chi connectivity index (χ1n) is 4.35. The molecule has 17 heavy (non-hydrogen) atoms. The molecule has 0 saturated carbocycles. The fourth-order valence-electron chi connectivity index (χ4n) is 0.972. The molecular formula is C9H10F3NO2S2. The lowest BCUT2D eigenvalue weighted by atomic mass is 10.3. The summed E-state index contributed by atoms with van der Waals surface area (Å²) in [5, 5.41) is 0. The highest BCUT2D eigenvalue weighted by Gasteiger charge is 2.37. The zero-order chi connectivity index (χ0) is 13.1. The fourth-order valence-corrected chi connectivity index (χ4v) is 3.03. The Bertz CT molecular complexity index is 460. The molecule has 2 atom stereocenters. The van der Waals surface area contributed by atoms with E-state index in [-0.39, 0.29) is 0 Å².